The lowest BCUT2D eigenvalue weighted by Crippen LogP contribution is -2.35. The molecule has 19 heavy (non-hydrogen) atoms. The van der Waals surface area contributed by atoms with Gasteiger partial charge in [-0.3, -0.25) is 4.79 Å². The lowest BCUT2D eigenvalue weighted by Gasteiger charge is -2.19. The van der Waals surface area contributed by atoms with E-state index in [1.54, 1.807) is 0 Å². The number of carbonyl (C=O) groups is 1. The van der Waals surface area contributed by atoms with Crippen molar-refractivity contribution in [1.82, 2.24) is 20.7 Å². The molecular formula is C13H22N4O2. The second-order valence-electron chi connectivity index (χ2n) is 5.22. The van der Waals surface area contributed by atoms with E-state index in [9.17, 15) is 4.79 Å². The van der Waals surface area contributed by atoms with E-state index in [1.807, 2.05) is 13.8 Å². The van der Waals surface area contributed by atoms with Crippen molar-refractivity contribution in [2.45, 2.75) is 45.6 Å². The average Bonchev–Trinajstić information content (AvgIpc) is 2.84. The molecule has 106 valence electrons. The van der Waals surface area contributed by atoms with Crippen LogP contribution in [0.25, 0.3) is 0 Å². The highest BCUT2D eigenvalue weighted by Crippen LogP contribution is 2.22. The molecule has 1 aliphatic carbocycles. The number of hydrogen-bond acceptors (Lipinski definition) is 4. The van der Waals surface area contributed by atoms with E-state index < -0.39 is 0 Å². The summed E-state index contributed by atoms with van der Waals surface area (Å²) in [5, 5.41) is 13.7. The van der Waals surface area contributed by atoms with Gasteiger partial charge in [0.25, 0.3) is 0 Å². The predicted octanol–water partition coefficient (Wildman–Crippen LogP) is 0.841. The summed E-state index contributed by atoms with van der Waals surface area (Å²) in [6, 6.07) is 0. The van der Waals surface area contributed by atoms with Crippen LogP contribution >= 0.6 is 0 Å². The molecule has 0 bridgehead atoms. The van der Waals surface area contributed by atoms with Gasteiger partial charge in [0.15, 0.2) is 0 Å². The Labute approximate surface area is 113 Å². The third kappa shape index (κ3) is 4.02. The fourth-order valence-electron chi connectivity index (χ4n) is 2.26. The number of nitrogens with one attached hydrogen (secondary N) is 2. The number of fused-ring (bicyclic) bond motifs is 1. The zero-order valence-electron chi connectivity index (χ0n) is 11.6. The molecular weight excluding hydrogens is 244 g/mol. The minimum absolute atomic E-state index is 0.0311. The van der Waals surface area contributed by atoms with E-state index in [0.29, 0.717) is 19.6 Å². The molecule has 1 unspecified atom stereocenters. The van der Waals surface area contributed by atoms with Crippen LogP contribution in [-0.2, 0) is 22.4 Å². The Kier molecular flexibility index (Phi) is 4.90. The van der Waals surface area contributed by atoms with Crippen molar-refractivity contribution in [2.75, 3.05) is 13.2 Å². The molecule has 1 heterocycles. The maximum atomic E-state index is 12.0. The quantitative estimate of drug-likeness (QED) is 0.748. The molecule has 1 aliphatic rings. The van der Waals surface area contributed by atoms with Crippen LogP contribution in [0.3, 0.4) is 0 Å². The van der Waals surface area contributed by atoms with Gasteiger partial charge in [0.2, 0.25) is 5.91 Å². The number of ether oxygens (including phenoxy) is 1. The monoisotopic (exact) mass is 266 g/mol. The number of H-pyrrole nitrogens is 1. The number of hydrogen-bond donors (Lipinski definition) is 2. The molecule has 0 aromatic carbocycles. The van der Waals surface area contributed by atoms with Gasteiger partial charge in [-0.2, -0.15) is 15.4 Å². The average molecular weight is 266 g/mol. The minimum atomic E-state index is 0.0311. The maximum absolute atomic E-state index is 12.0. The molecule has 1 atom stereocenters. The highest BCUT2D eigenvalue weighted by atomic mass is 16.5. The van der Waals surface area contributed by atoms with Crippen LogP contribution in [0.4, 0.5) is 0 Å². The fourth-order valence-corrected chi connectivity index (χ4v) is 2.26. The molecule has 1 aromatic heterocycles. The Morgan fingerprint density at radius 3 is 3.05 bits per heavy atom. The summed E-state index contributed by atoms with van der Waals surface area (Å²) >= 11 is 0. The summed E-state index contributed by atoms with van der Waals surface area (Å²) in [6.45, 7) is 5.38. The Balaban J connectivity index is 1.67. The lowest BCUT2D eigenvalue weighted by atomic mass is 9.89. The second kappa shape index (κ2) is 6.65. The number of nitrogens with zero attached hydrogens (tertiary/aromatic N) is 2. The molecule has 6 nitrogen and oxygen atoms in total. The Hall–Kier alpha value is -1.43. The molecule has 2 rings (SSSR count). The van der Waals surface area contributed by atoms with Crippen molar-refractivity contribution in [3.63, 3.8) is 0 Å². The summed E-state index contributed by atoms with van der Waals surface area (Å²) < 4.78 is 5.43. The van der Waals surface area contributed by atoms with Crippen molar-refractivity contribution in [2.24, 2.45) is 5.92 Å². The third-order valence-corrected chi connectivity index (χ3v) is 3.31. The van der Waals surface area contributed by atoms with Crippen molar-refractivity contribution in [3.05, 3.63) is 11.4 Å². The number of aromatic amines is 1. The highest BCUT2D eigenvalue weighted by Gasteiger charge is 2.26. The van der Waals surface area contributed by atoms with Crippen molar-refractivity contribution in [3.8, 4) is 0 Å². The summed E-state index contributed by atoms with van der Waals surface area (Å²) in [5.74, 6) is 0.154. The number of aromatic nitrogens is 3. The normalized spacial score (nSPS) is 18.4. The molecule has 0 fully saturated rings. The van der Waals surface area contributed by atoms with E-state index in [4.69, 9.17) is 4.74 Å². The molecule has 0 aliphatic heterocycles. The molecule has 2 N–H and O–H groups in total. The first-order valence-electron chi connectivity index (χ1n) is 6.94. The number of amides is 1. The SMILES string of the molecule is CC(C)OCCCNC(=O)C1CCc2n[nH]nc2C1. The van der Waals surface area contributed by atoms with Gasteiger partial charge >= 0.3 is 0 Å². The van der Waals surface area contributed by atoms with E-state index in [-0.39, 0.29) is 17.9 Å². The first kappa shape index (κ1) is 14.0. The first-order chi connectivity index (χ1) is 9.16. The Morgan fingerprint density at radius 2 is 2.26 bits per heavy atom. The molecule has 1 aromatic rings. The van der Waals surface area contributed by atoms with Crippen LogP contribution < -0.4 is 5.32 Å². The van der Waals surface area contributed by atoms with Crippen LogP contribution in [0.5, 0.6) is 0 Å². The lowest BCUT2D eigenvalue weighted by molar-refractivity contribution is -0.125. The summed E-state index contributed by atoms with van der Waals surface area (Å²) in [5.41, 5.74) is 1.95. The maximum Gasteiger partial charge on any atom is 0.223 e. The van der Waals surface area contributed by atoms with E-state index in [2.05, 4.69) is 20.7 Å². The molecule has 0 saturated heterocycles. The van der Waals surface area contributed by atoms with Crippen LogP contribution in [0, 0.1) is 5.92 Å². The summed E-state index contributed by atoms with van der Waals surface area (Å²) in [7, 11) is 0. The summed E-state index contributed by atoms with van der Waals surface area (Å²) in [4.78, 5) is 12.0. The number of rotatable bonds is 6. The van der Waals surface area contributed by atoms with Crippen LogP contribution in [0.15, 0.2) is 0 Å². The van der Waals surface area contributed by atoms with Gasteiger partial charge in [0, 0.05) is 25.5 Å². The van der Waals surface area contributed by atoms with Crippen molar-refractivity contribution >= 4 is 5.91 Å². The van der Waals surface area contributed by atoms with Gasteiger partial charge in [0.1, 0.15) is 0 Å². The summed E-state index contributed by atoms with van der Waals surface area (Å²) in [6.07, 6.45) is 3.49. The van der Waals surface area contributed by atoms with E-state index in [1.165, 1.54) is 0 Å². The van der Waals surface area contributed by atoms with Crippen LogP contribution in [0.2, 0.25) is 0 Å². The van der Waals surface area contributed by atoms with Gasteiger partial charge in [-0.05, 0) is 33.1 Å². The topological polar surface area (TPSA) is 79.9 Å². The number of carbonyl (C=O) groups excluding carboxylic acids is 1. The van der Waals surface area contributed by atoms with Gasteiger partial charge in [-0.25, -0.2) is 0 Å². The standard InChI is InChI=1S/C13H22N4O2/c1-9(2)19-7-3-6-14-13(18)10-4-5-11-12(8-10)16-17-15-11/h9-10H,3-8H2,1-2H3,(H,14,18)(H,15,16,17). The van der Waals surface area contributed by atoms with Crippen LogP contribution in [-0.4, -0.2) is 40.6 Å². The fraction of sp³-hybridized carbons (Fsp3) is 0.769. The largest absolute Gasteiger partial charge is 0.379 e. The second-order valence-corrected chi connectivity index (χ2v) is 5.22. The predicted molar refractivity (Wildman–Crippen MR) is 70.6 cm³/mol. The Bertz CT molecular complexity index is 417. The van der Waals surface area contributed by atoms with Crippen LogP contribution in [0.1, 0.15) is 38.1 Å². The highest BCUT2D eigenvalue weighted by molar-refractivity contribution is 5.79. The van der Waals surface area contributed by atoms with E-state index >= 15 is 0 Å². The Morgan fingerprint density at radius 1 is 1.47 bits per heavy atom. The van der Waals surface area contributed by atoms with Gasteiger partial charge < -0.3 is 10.1 Å². The van der Waals surface area contributed by atoms with Gasteiger partial charge in [0.05, 0.1) is 17.5 Å². The van der Waals surface area contributed by atoms with Crippen molar-refractivity contribution in [1.29, 1.82) is 0 Å². The number of aryl methyl sites for hydroxylation is 1. The molecule has 6 heteroatoms. The van der Waals surface area contributed by atoms with Crippen molar-refractivity contribution < 1.29 is 9.53 Å². The minimum Gasteiger partial charge on any atom is -0.379 e. The molecule has 0 saturated carbocycles. The van der Waals surface area contributed by atoms with Gasteiger partial charge in [-0.1, -0.05) is 0 Å². The molecule has 0 radical (unpaired) electrons. The first-order valence-corrected chi connectivity index (χ1v) is 6.94. The molecule has 1 amide bonds. The molecule has 0 spiro atoms. The third-order valence-electron chi connectivity index (χ3n) is 3.31. The zero-order valence-corrected chi connectivity index (χ0v) is 11.6. The van der Waals surface area contributed by atoms with Gasteiger partial charge in [-0.15, -0.1) is 0 Å². The smallest absolute Gasteiger partial charge is 0.223 e. The zero-order chi connectivity index (χ0) is 13.7. The van der Waals surface area contributed by atoms with E-state index in [0.717, 1.165) is 30.7 Å².